The number of nitrogens with zero attached hydrogens (tertiary/aromatic N) is 1. The van der Waals surface area contributed by atoms with Crippen molar-refractivity contribution in [1.82, 2.24) is 10.2 Å². The molecule has 1 saturated heterocycles. The zero-order chi connectivity index (χ0) is 9.68. The van der Waals surface area contributed by atoms with Gasteiger partial charge in [0.2, 0.25) is 5.91 Å². The maximum atomic E-state index is 11.3. The molecule has 0 aromatic carbocycles. The van der Waals surface area contributed by atoms with E-state index in [2.05, 4.69) is 10.2 Å². The molecule has 1 heterocycles. The number of nitrogens with one attached hydrogen (secondary N) is 1. The molecule has 3 N–H and O–H groups in total. The van der Waals surface area contributed by atoms with Gasteiger partial charge in [0.05, 0.1) is 6.04 Å². The molecule has 1 aliphatic heterocycles. The highest BCUT2D eigenvalue weighted by Gasteiger charge is 2.24. The minimum Gasteiger partial charge on any atom is -0.353 e. The van der Waals surface area contributed by atoms with E-state index in [4.69, 9.17) is 5.73 Å². The fourth-order valence-corrected chi connectivity index (χ4v) is 1.59. The Morgan fingerprint density at radius 2 is 2.38 bits per heavy atom. The summed E-state index contributed by atoms with van der Waals surface area (Å²) in [4.78, 5) is 13.5. The van der Waals surface area contributed by atoms with E-state index in [-0.39, 0.29) is 11.9 Å². The maximum absolute atomic E-state index is 11.3. The van der Waals surface area contributed by atoms with E-state index in [0.29, 0.717) is 0 Å². The Labute approximate surface area is 79.5 Å². The smallest absolute Gasteiger partial charge is 0.237 e. The van der Waals surface area contributed by atoms with E-state index in [1.165, 1.54) is 0 Å². The van der Waals surface area contributed by atoms with E-state index in [1.54, 1.807) is 0 Å². The number of hydrogen-bond donors (Lipinski definition) is 2. The molecule has 0 radical (unpaired) electrons. The van der Waals surface area contributed by atoms with Crippen LogP contribution in [0.25, 0.3) is 0 Å². The van der Waals surface area contributed by atoms with Gasteiger partial charge in [-0.2, -0.15) is 0 Å². The minimum absolute atomic E-state index is 0.0338. The summed E-state index contributed by atoms with van der Waals surface area (Å²) in [6.07, 6.45) is 2.14. The summed E-state index contributed by atoms with van der Waals surface area (Å²) in [5.74, 6) is 0.152. The first-order chi connectivity index (χ1) is 6.25. The number of carbonyl (C=O) groups excluding carboxylic acids is 1. The quantitative estimate of drug-likeness (QED) is 0.583. The van der Waals surface area contributed by atoms with Crippen LogP contribution in [0, 0.1) is 0 Å². The van der Waals surface area contributed by atoms with Gasteiger partial charge < -0.3 is 11.1 Å². The molecule has 13 heavy (non-hydrogen) atoms. The fraction of sp³-hybridized carbons (Fsp3) is 0.889. The van der Waals surface area contributed by atoms with Gasteiger partial charge in [0.15, 0.2) is 0 Å². The molecule has 0 aromatic rings. The van der Waals surface area contributed by atoms with Crippen LogP contribution in [0.2, 0.25) is 0 Å². The van der Waals surface area contributed by atoms with Crippen LogP contribution in [0.15, 0.2) is 0 Å². The zero-order valence-electron chi connectivity index (χ0n) is 8.25. The third kappa shape index (κ3) is 2.97. The van der Waals surface area contributed by atoms with E-state index in [0.717, 1.165) is 39.0 Å². The summed E-state index contributed by atoms with van der Waals surface area (Å²) in [5, 5.41) is 2.85. The van der Waals surface area contributed by atoms with Crippen molar-refractivity contribution in [3.8, 4) is 0 Å². The monoisotopic (exact) mass is 185 g/mol. The molecule has 1 fully saturated rings. The van der Waals surface area contributed by atoms with E-state index in [9.17, 15) is 4.79 Å². The van der Waals surface area contributed by atoms with Gasteiger partial charge in [0, 0.05) is 13.1 Å². The minimum atomic E-state index is 0.0338. The van der Waals surface area contributed by atoms with Gasteiger partial charge in [-0.3, -0.25) is 9.69 Å². The Balaban J connectivity index is 2.27. The molecule has 0 saturated carbocycles. The lowest BCUT2D eigenvalue weighted by molar-refractivity contribution is -0.128. The third-order valence-corrected chi connectivity index (χ3v) is 2.52. The first kappa shape index (κ1) is 10.5. The molecule has 1 unspecified atom stereocenters. The topological polar surface area (TPSA) is 58.4 Å². The summed E-state index contributed by atoms with van der Waals surface area (Å²) in [6.45, 7) is 5.44. The summed E-state index contributed by atoms with van der Waals surface area (Å²) >= 11 is 0. The average Bonchev–Trinajstić information content (AvgIpc) is 2.13. The second-order valence-corrected chi connectivity index (χ2v) is 3.50. The van der Waals surface area contributed by atoms with Gasteiger partial charge in [0.1, 0.15) is 0 Å². The van der Waals surface area contributed by atoms with Crippen molar-refractivity contribution in [2.45, 2.75) is 25.8 Å². The molecule has 1 amide bonds. The van der Waals surface area contributed by atoms with Crippen LogP contribution < -0.4 is 11.1 Å². The second-order valence-electron chi connectivity index (χ2n) is 3.50. The number of piperazine rings is 1. The lowest BCUT2D eigenvalue weighted by Crippen LogP contribution is -2.53. The molecule has 1 rings (SSSR count). The summed E-state index contributed by atoms with van der Waals surface area (Å²) in [5.41, 5.74) is 5.41. The molecule has 1 aliphatic rings. The number of nitrogens with two attached hydrogens (primary N) is 1. The van der Waals surface area contributed by atoms with Gasteiger partial charge in [-0.15, -0.1) is 0 Å². The highest BCUT2D eigenvalue weighted by atomic mass is 16.2. The van der Waals surface area contributed by atoms with Crippen LogP contribution in [0.5, 0.6) is 0 Å². The van der Waals surface area contributed by atoms with Crippen molar-refractivity contribution < 1.29 is 4.79 Å². The predicted octanol–water partition coefficient (Wildman–Crippen LogP) is -0.454. The summed E-state index contributed by atoms with van der Waals surface area (Å²) in [7, 11) is 0. The number of carbonyl (C=O) groups is 1. The number of unbranched alkanes of at least 4 members (excludes halogenated alkanes) is 1. The molecule has 0 aliphatic carbocycles. The van der Waals surface area contributed by atoms with Gasteiger partial charge >= 0.3 is 0 Å². The SMILES string of the molecule is CC1C(=O)NCCN1CCCCN. The Morgan fingerprint density at radius 3 is 3.08 bits per heavy atom. The normalized spacial score (nSPS) is 24.5. The van der Waals surface area contributed by atoms with E-state index in [1.807, 2.05) is 6.92 Å². The maximum Gasteiger partial charge on any atom is 0.237 e. The second kappa shape index (κ2) is 5.19. The lowest BCUT2D eigenvalue weighted by Gasteiger charge is -2.32. The average molecular weight is 185 g/mol. The molecule has 0 bridgehead atoms. The third-order valence-electron chi connectivity index (χ3n) is 2.52. The number of amides is 1. The first-order valence-electron chi connectivity index (χ1n) is 4.97. The van der Waals surface area contributed by atoms with Crippen LogP contribution in [0.3, 0.4) is 0 Å². The number of rotatable bonds is 4. The Bertz CT molecular complexity index is 172. The van der Waals surface area contributed by atoms with Gasteiger partial charge in [-0.1, -0.05) is 0 Å². The van der Waals surface area contributed by atoms with Crippen molar-refractivity contribution >= 4 is 5.91 Å². The fourth-order valence-electron chi connectivity index (χ4n) is 1.59. The Hall–Kier alpha value is -0.610. The van der Waals surface area contributed by atoms with Crippen LogP contribution >= 0.6 is 0 Å². The lowest BCUT2D eigenvalue weighted by atomic mass is 10.2. The molecule has 76 valence electrons. The van der Waals surface area contributed by atoms with E-state index >= 15 is 0 Å². The van der Waals surface area contributed by atoms with Crippen molar-refractivity contribution in [1.29, 1.82) is 0 Å². The molecule has 4 heteroatoms. The highest BCUT2D eigenvalue weighted by Crippen LogP contribution is 2.04. The van der Waals surface area contributed by atoms with Crippen LogP contribution in [-0.2, 0) is 4.79 Å². The van der Waals surface area contributed by atoms with Crippen molar-refractivity contribution in [2.75, 3.05) is 26.2 Å². The zero-order valence-corrected chi connectivity index (χ0v) is 8.25. The van der Waals surface area contributed by atoms with Crippen LogP contribution in [-0.4, -0.2) is 43.0 Å². The standard InChI is InChI=1S/C9H19N3O/c1-8-9(13)11-5-7-12(8)6-3-2-4-10/h8H,2-7,10H2,1H3,(H,11,13). The van der Waals surface area contributed by atoms with Gasteiger partial charge in [-0.25, -0.2) is 0 Å². The summed E-state index contributed by atoms with van der Waals surface area (Å²) < 4.78 is 0. The Morgan fingerprint density at radius 1 is 1.62 bits per heavy atom. The van der Waals surface area contributed by atoms with Gasteiger partial charge in [-0.05, 0) is 32.9 Å². The molecular formula is C9H19N3O. The molecule has 0 aromatic heterocycles. The molecule has 1 atom stereocenters. The Kier molecular flexibility index (Phi) is 4.18. The van der Waals surface area contributed by atoms with Gasteiger partial charge in [0.25, 0.3) is 0 Å². The summed E-state index contributed by atoms with van der Waals surface area (Å²) in [6, 6.07) is 0.0338. The molecule has 4 nitrogen and oxygen atoms in total. The van der Waals surface area contributed by atoms with Crippen LogP contribution in [0.4, 0.5) is 0 Å². The van der Waals surface area contributed by atoms with Crippen molar-refractivity contribution in [3.05, 3.63) is 0 Å². The molecular weight excluding hydrogens is 166 g/mol. The van der Waals surface area contributed by atoms with E-state index < -0.39 is 0 Å². The van der Waals surface area contributed by atoms with Crippen molar-refractivity contribution in [3.63, 3.8) is 0 Å². The molecule has 0 spiro atoms. The van der Waals surface area contributed by atoms with Crippen LogP contribution in [0.1, 0.15) is 19.8 Å². The highest BCUT2D eigenvalue weighted by molar-refractivity contribution is 5.81. The first-order valence-corrected chi connectivity index (χ1v) is 4.97. The number of hydrogen-bond acceptors (Lipinski definition) is 3. The predicted molar refractivity (Wildman–Crippen MR) is 52.3 cm³/mol. The van der Waals surface area contributed by atoms with Crippen molar-refractivity contribution in [2.24, 2.45) is 5.73 Å². The largest absolute Gasteiger partial charge is 0.353 e.